The van der Waals surface area contributed by atoms with Crippen LogP contribution >= 0.6 is 11.3 Å². The van der Waals surface area contributed by atoms with E-state index in [-0.39, 0.29) is 25.4 Å². The van der Waals surface area contributed by atoms with Gasteiger partial charge >= 0.3 is 0 Å². The molecule has 3 rings (SSSR count). The second-order valence-electron chi connectivity index (χ2n) is 6.13. The van der Waals surface area contributed by atoms with Crippen molar-refractivity contribution < 1.29 is 26.4 Å². The summed E-state index contributed by atoms with van der Waals surface area (Å²) in [6.07, 6.45) is 1.41. The van der Waals surface area contributed by atoms with Crippen LogP contribution in [0.4, 0.5) is 8.78 Å². The highest BCUT2D eigenvalue weighted by Crippen LogP contribution is 2.16. The lowest BCUT2D eigenvalue weighted by atomic mass is 10.3. The lowest BCUT2D eigenvalue weighted by Gasteiger charge is -2.21. The summed E-state index contributed by atoms with van der Waals surface area (Å²) in [7, 11) is -4.06. The Kier molecular flexibility index (Phi) is 6.78. The third-order valence-electron chi connectivity index (χ3n) is 4.04. The maximum Gasteiger partial charge on any atom is 0.240 e. The normalized spacial score (nSPS) is 11.5. The maximum atomic E-state index is 13.3. The number of hydrogen-bond acceptors (Lipinski definition) is 5. The lowest BCUT2D eigenvalue weighted by molar-refractivity contribution is -0.132. The maximum absolute atomic E-state index is 13.3. The van der Waals surface area contributed by atoms with Gasteiger partial charge in [0.2, 0.25) is 15.9 Å². The molecule has 2 heterocycles. The van der Waals surface area contributed by atoms with Crippen LogP contribution in [0.1, 0.15) is 17.1 Å². The number of carbonyl (C=O) groups excluding carboxylic acids is 1. The summed E-state index contributed by atoms with van der Waals surface area (Å²) in [5, 5.41) is 1.90. The molecule has 0 spiro atoms. The Morgan fingerprint density at radius 3 is 2.59 bits per heavy atom. The minimum atomic E-state index is -4.06. The third-order valence-corrected chi connectivity index (χ3v) is 6.36. The molecule has 2 aromatic heterocycles. The standard InChI is InChI=1S/C19H18F2N2O4S2/c20-17-6-5-16(11-18(17)21)29(25,26)22-8-7-19(24)23(12-14-3-1-9-27-14)13-15-4-2-10-28-15/h1-6,9-11,22H,7-8,12-13H2. The molecule has 0 bridgehead atoms. The summed E-state index contributed by atoms with van der Waals surface area (Å²) < 4.78 is 58.3. The number of carbonyl (C=O) groups is 1. The molecule has 0 aliphatic rings. The van der Waals surface area contributed by atoms with Crippen molar-refractivity contribution in [2.24, 2.45) is 0 Å². The summed E-state index contributed by atoms with van der Waals surface area (Å²) in [6, 6.07) is 9.55. The monoisotopic (exact) mass is 440 g/mol. The fourth-order valence-electron chi connectivity index (χ4n) is 2.59. The average Bonchev–Trinajstić information content (AvgIpc) is 3.37. The first kappa shape index (κ1) is 21.2. The van der Waals surface area contributed by atoms with Gasteiger partial charge in [0, 0.05) is 17.8 Å². The van der Waals surface area contributed by atoms with E-state index < -0.39 is 26.6 Å². The molecule has 1 amide bonds. The van der Waals surface area contributed by atoms with E-state index >= 15 is 0 Å². The van der Waals surface area contributed by atoms with Gasteiger partial charge in [0.25, 0.3) is 0 Å². The molecule has 3 aromatic rings. The van der Waals surface area contributed by atoms with E-state index in [1.54, 1.807) is 17.0 Å². The average molecular weight is 440 g/mol. The van der Waals surface area contributed by atoms with Crippen LogP contribution in [-0.4, -0.2) is 25.8 Å². The molecule has 154 valence electrons. The van der Waals surface area contributed by atoms with Gasteiger partial charge in [-0.1, -0.05) is 6.07 Å². The topological polar surface area (TPSA) is 79.6 Å². The Morgan fingerprint density at radius 2 is 1.93 bits per heavy atom. The third kappa shape index (κ3) is 5.72. The van der Waals surface area contributed by atoms with Crippen molar-refractivity contribution in [3.05, 3.63) is 76.4 Å². The summed E-state index contributed by atoms with van der Waals surface area (Å²) >= 11 is 1.51. The van der Waals surface area contributed by atoms with Crippen molar-refractivity contribution >= 4 is 27.3 Å². The number of nitrogens with zero attached hydrogens (tertiary/aromatic N) is 1. The van der Waals surface area contributed by atoms with Gasteiger partial charge in [0.15, 0.2) is 11.6 Å². The highest BCUT2D eigenvalue weighted by Gasteiger charge is 2.19. The molecule has 0 aliphatic heterocycles. The predicted molar refractivity (Wildman–Crippen MR) is 103 cm³/mol. The van der Waals surface area contributed by atoms with Gasteiger partial charge in [-0.2, -0.15) is 0 Å². The lowest BCUT2D eigenvalue weighted by Crippen LogP contribution is -2.33. The van der Waals surface area contributed by atoms with E-state index in [9.17, 15) is 22.0 Å². The van der Waals surface area contributed by atoms with Crippen LogP contribution in [0.3, 0.4) is 0 Å². The quantitative estimate of drug-likeness (QED) is 0.552. The molecule has 1 aromatic carbocycles. The van der Waals surface area contributed by atoms with E-state index in [4.69, 9.17) is 4.42 Å². The predicted octanol–water partition coefficient (Wildman–Crippen LogP) is 3.52. The van der Waals surface area contributed by atoms with Crippen molar-refractivity contribution in [3.8, 4) is 0 Å². The van der Waals surface area contributed by atoms with E-state index in [1.807, 2.05) is 17.5 Å². The first-order chi connectivity index (χ1) is 13.8. The fourth-order valence-corrected chi connectivity index (χ4v) is 4.35. The number of nitrogens with one attached hydrogen (secondary N) is 1. The van der Waals surface area contributed by atoms with Crippen molar-refractivity contribution in [3.63, 3.8) is 0 Å². The minimum absolute atomic E-state index is 0.102. The van der Waals surface area contributed by atoms with Gasteiger partial charge in [-0.05, 0) is 41.8 Å². The number of thiophene rings is 1. The second-order valence-corrected chi connectivity index (χ2v) is 8.93. The largest absolute Gasteiger partial charge is 0.467 e. The zero-order valence-corrected chi connectivity index (χ0v) is 16.8. The Hall–Kier alpha value is -2.56. The number of rotatable bonds is 9. The fraction of sp³-hybridized carbons (Fsp3) is 0.211. The van der Waals surface area contributed by atoms with Gasteiger partial charge in [-0.15, -0.1) is 11.3 Å². The van der Waals surface area contributed by atoms with Gasteiger partial charge in [-0.25, -0.2) is 21.9 Å². The molecular weight excluding hydrogens is 422 g/mol. The summed E-state index contributed by atoms with van der Waals surface area (Å²) in [5.41, 5.74) is 0. The van der Waals surface area contributed by atoms with Crippen LogP contribution < -0.4 is 4.72 Å². The number of hydrogen-bond donors (Lipinski definition) is 1. The highest BCUT2D eigenvalue weighted by molar-refractivity contribution is 7.89. The zero-order chi connectivity index (χ0) is 20.9. The molecule has 0 unspecified atom stereocenters. The van der Waals surface area contributed by atoms with Crippen LogP contribution in [0.5, 0.6) is 0 Å². The second kappa shape index (κ2) is 9.29. The van der Waals surface area contributed by atoms with Crippen LogP contribution in [0.25, 0.3) is 0 Å². The van der Waals surface area contributed by atoms with Crippen molar-refractivity contribution in [1.29, 1.82) is 0 Å². The number of sulfonamides is 1. The number of halogens is 2. The summed E-state index contributed by atoms with van der Waals surface area (Å²) in [4.78, 5) is 14.8. The van der Waals surface area contributed by atoms with Crippen molar-refractivity contribution in [2.75, 3.05) is 6.54 Å². The van der Waals surface area contributed by atoms with Crippen LogP contribution in [0.15, 0.2) is 63.4 Å². The van der Waals surface area contributed by atoms with Gasteiger partial charge in [0.05, 0.1) is 24.2 Å². The Labute approximate surface area is 170 Å². The molecule has 1 N–H and O–H groups in total. The van der Waals surface area contributed by atoms with Crippen molar-refractivity contribution in [1.82, 2.24) is 9.62 Å². The van der Waals surface area contributed by atoms with Crippen LogP contribution in [0, 0.1) is 11.6 Å². The Balaban J connectivity index is 1.62. The SMILES string of the molecule is O=C(CCNS(=O)(=O)c1ccc(F)c(F)c1)N(Cc1ccco1)Cc1cccs1. The molecule has 0 saturated carbocycles. The minimum Gasteiger partial charge on any atom is -0.467 e. The molecule has 0 saturated heterocycles. The molecule has 0 fully saturated rings. The smallest absolute Gasteiger partial charge is 0.240 e. The highest BCUT2D eigenvalue weighted by atomic mass is 32.2. The molecule has 10 heteroatoms. The van der Waals surface area contributed by atoms with Gasteiger partial charge < -0.3 is 9.32 Å². The van der Waals surface area contributed by atoms with E-state index in [0.29, 0.717) is 18.4 Å². The Morgan fingerprint density at radius 1 is 1.10 bits per heavy atom. The number of furan rings is 1. The molecule has 0 radical (unpaired) electrons. The molecule has 0 atom stereocenters. The van der Waals surface area contributed by atoms with Gasteiger partial charge in [-0.3, -0.25) is 4.79 Å². The first-order valence-corrected chi connectivity index (χ1v) is 11.0. The molecular formula is C19H18F2N2O4S2. The summed E-state index contributed by atoms with van der Waals surface area (Å²) in [6.45, 7) is 0.437. The molecule has 29 heavy (non-hydrogen) atoms. The first-order valence-electron chi connectivity index (χ1n) is 8.62. The van der Waals surface area contributed by atoms with E-state index in [1.165, 1.54) is 17.6 Å². The number of benzene rings is 1. The van der Waals surface area contributed by atoms with E-state index in [0.717, 1.165) is 17.0 Å². The van der Waals surface area contributed by atoms with Gasteiger partial charge in [0.1, 0.15) is 5.76 Å². The molecule has 6 nitrogen and oxygen atoms in total. The Bertz CT molecular complexity index is 1020. The van der Waals surface area contributed by atoms with E-state index in [2.05, 4.69) is 4.72 Å². The van der Waals surface area contributed by atoms with Crippen LogP contribution in [-0.2, 0) is 27.9 Å². The van der Waals surface area contributed by atoms with Crippen molar-refractivity contribution in [2.45, 2.75) is 24.4 Å². The molecule has 0 aliphatic carbocycles. The van der Waals surface area contributed by atoms with Crippen LogP contribution in [0.2, 0.25) is 0 Å². The summed E-state index contributed by atoms with van der Waals surface area (Å²) in [5.74, 6) is -2.06. The number of amides is 1. The zero-order valence-electron chi connectivity index (χ0n) is 15.2.